The van der Waals surface area contributed by atoms with E-state index >= 15 is 0 Å². The number of nitrogens with zero attached hydrogens (tertiary/aromatic N) is 7. The van der Waals surface area contributed by atoms with Crippen molar-refractivity contribution in [1.82, 2.24) is 25.1 Å². The third-order valence-corrected chi connectivity index (χ3v) is 8.01. The average molecular weight is 531 g/mol. The standard InChI is InChI=1S/C28H34N8O3/c1-16(2)18-5-6-22(36-13-21(17(36)3)27-34-31-15-39-27)20-12-30-26(11-19(18)20)32-25-7-9-29-28(33-25)35-10-8-24(38-4)23(37)14-35/h5-7,9,11-12,15-17,21,23-24,37H,8,10,13-14H2,1-4H3,(H,29,30,32,33)/t17-,21+,23-,24-/m0/s1. The molecule has 4 aromatic rings. The molecule has 0 unspecified atom stereocenters. The van der Waals surface area contributed by atoms with Crippen LogP contribution in [0.5, 0.6) is 0 Å². The van der Waals surface area contributed by atoms with E-state index in [-0.39, 0.29) is 18.1 Å². The number of anilines is 4. The van der Waals surface area contributed by atoms with Crippen LogP contribution >= 0.6 is 0 Å². The van der Waals surface area contributed by atoms with Crippen LogP contribution < -0.4 is 15.1 Å². The van der Waals surface area contributed by atoms with Crippen LogP contribution in [0.2, 0.25) is 0 Å². The fourth-order valence-electron chi connectivity index (χ4n) is 5.69. The van der Waals surface area contributed by atoms with Gasteiger partial charge < -0.3 is 29.4 Å². The smallest absolute Gasteiger partial charge is 0.227 e. The summed E-state index contributed by atoms with van der Waals surface area (Å²) in [4.78, 5) is 18.3. The number of aromatic nitrogens is 5. The number of β-amino-alcohol motifs (C(OH)–C–C–N with tert-alkyl or cyclic N) is 1. The van der Waals surface area contributed by atoms with E-state index in [0.29, 0.717) is 35.9 Å². The minimum Gasteiger partial charge on any atom is -0.428 e. The van der Waals surface area contributed by atoms with Crippen molar-refractivity contribution in [2.75, 3.05) is 41.9 Å². The number of pyridine rings is 1. The molecule has 2 aliphatic rings. The average Bonchev–Trinajstić information content (AvgIpc) is 3.46. The van der Waals surface area contributed by atoms with Gasteiger partial charge >= 0.3 is 0 Å². The van der Waals surface area contributed by atoms with Crippen LogP contribution in [0.15, 0.2) is 47.5 Å². The summed E-state index contributed by atoms with van der Waals surface area (Å²) in [5.74, 6) is 3.19. The van der Waals surface area contributed by atoms with Crippen LogP contribution in [-0.4, -0.2) is 75.2 Å². The Morgan fingerprint density at radius 2 is 2.00 bits per heavy atom. The minimum absolute atomic E-state index is 0.159. The van der Waals surface area contributed by atoms with Gasteiger partial charge in [0.2, 0.25) is 18.2 Å². The van der Waals surface area contributed by atoms with E-state index < -0.39 is 6.10 Å². The lowest BCUT2D eigenvalue weighted by Gasteiger charge is -2.46. The second-order valence-electron chi connectivity index (χ2n) is 10.7. The highest BCUT2D eigenvalue weighted by Gasteiger charge is 2.40. The summed E-state index contributed by atoms with van der Waals surface area (Å²) in [6.07, 6.45) is 5.04. The Hall–Kier alpha value is -3.83. The van der Waals surface area contributed by atoms with Gasteiger partial charge in [0.1, 0.15) is 11.6 Å². The molecule has 0 spiro atoms. The molecular weight excluding hydrogens is 496 g/mol. The number of ether oxygens (including phenoxy) is 1. The van der Waals surface area contributed by atoms with Crippen LogP contribution in [0.25, 0.3) is 10.8 Å². The number of rotatable bonds is 7. The molecule has 5 heterocycles. The highest BCUT2D eigenvalue weighted by atomic mass is 16.5. The number of piperidine rings is 1. The number of hydrogen-bond acceptors (Lipinski definition) is 11. The Balaban J connectivity index is 1.26. The molecule has 2 saturated heterocycles. The van der Waals surface area contributed by atoms with E-state index in [1.54, 1.807) is 13.3 Å². The molecule has 6 rings (SSSR count). The molecule has 0 radical (unpaired) electrons. The Morgan fingerprint density at radius 1 is 1.13 bits per heavy atom. The summed E-state index contributed by atoms with van der Waals surface area (Å²) < 4.78 is 10.8. The lowest BCUT2D eigenvalue weighted by Crippen LogP contribution is -2.53. The largest absolute Gasteiger partial charge is 0.428 e. The lowest BCUT2D eigenvalue weighted by atomic mass is 9.87. The molecule has 204 valence electrons. The van der Waals surface area contributed by atoms with Crippen molar-refractivity contribution in [2.45, 2.75) is 57.3 Å². The van der Waals surface area contributed by atoms with Crippen LogP contribution in [0.3, 0.4) is 0 Å². The normalized spacial score (nSPS) is 23.3. The lowest BCUT2D eigenvalue weighted by molar-refractivity contribution is -0.0219. The van der Waals surface area contributed by atoms with Gasteiger partial charge in [-0.25, -0.2) is 9.97 Å². The highest BCUT2D eigenvalue weighted by Crippen LogP contribution is 2.42. The number of aliphatic hydroxyl groups excluding tert-OH is 1. The molecule has 11 heteroatoms. The summed E-state index contributed by atoms with van der Waals surface area (Å²) in [5.41, 5.74) is 2.42. The first-order chi connectivity index (χ1) is 18.9. The molecule has 2 fully saturated rings. The van der Waals surface area contributed by atoms with E-state index in [9.17, 15) is 5.11 Å². The molecule has 11 nitrogen and oxygen atoms in total. The fourth-order valence-corrected chi connectivity index (χ4v) is 5.69. The van der Waals surface area contributed by atoms with Crippen LogP contribution in [0, 0.1) is 0 Å². The van der Waals surface area contributed by atoms with Gasteiger partial charge in [0.15, 0.2) is 0 Å². The van der Waals surface area contributed by atoms with Gasteiger partial charge in [-0.3, -0.25) is 0 Å². The molecule has 2 N–H and O–H groups in total. The monoisotopic (exact) mass is 530 g/mol. The Kier molecular flexibility index (Phi) is 6.78. The molecule has 1 aromatic carbocycles. The van der Waals surface area contributed by atoms with Gasteiger partial charge in [-0.15, -0.1) is 10.2 Å². The van der Waals surface area contributed by atoms with Gasteiger partial charge in [0.25, 0.3) is 0 Å². The number of fused-ring (bicyclic) bond motifs is 1. The number of hydrogen-bond donors (Lipinski definition) is 2. The van der Waals surface area contributed by atoms with E-state index in [2.05, 4.69) is 64.4 Å². The van der Waals surface area contributed by atoms with Crippen molar-refractivity contribution in [1.29, 1.82) is 0 Å². The molecule has 2 aliphatic heterocycles. The first-order valence-electron chi connectivity index (χ1n) is 13.4. The van der Waals surface area contributed by atoms with E-state index in [1.165, 1.54) is 12.0 Å². The zero-order valence-electron chi connectivity index (χ0n) is 22.7. The van der Waals surface area contributed by atoms with Crippen molar-refractivity contribution in [3.8, 4) is 0 Å². The Bertz CT molecular complexity index is 1450. The molecule has 0 saturated carbocycles. The zero-order chi connectivity index (χ0) is 27.1. The van der Waals surface area contributed by atoms with Crippen molar-refractivity contribution >= 4 is 34.0 Å². The maximum absolute atomic E-state index is 10.4. The number of benzene rings is 1. The second-order valence-corrected chi connectivity index (χ2v) is 10.7. The molecule has 3 aromatic heterocycles. The number of aliphatic hydroxyl groups is 1. The summed E-state index contributed by atoms with van der Waals surface area (Å²) in [6.45, 7) is 8.57. The van der Waals surface area contributed by atoms with Crippen molar-refractivity contribution < 1.29 is 14.3 Å². The third kappa shape index (κ3) is 4.76. The summed E-state index contributed by atoms with van der Waals surface area (Å²) >= 11 is 0. The first kappa shape index (κ1) is 25.4. The van der Waals surface area contributed by atoms with Gasteiger partial charge in [-0.05, 0) is 48.4 Å². The third-order valence-electron chi connectivity index (χ3n) is 8.01. The van der Waals surface area contributed by atoms with Gasteiger partial charge in [0.05, 0.1) is 18.1 Å². The Morgan fingerprint density at radius 3 is 2.72 bits per heavy atom. The predicted octanol–water partition coefficient (Wildman–Crippen LogP) is 3.85. The van der Waals surface area contributed by atoms with E-state index in [4.69, 9.17) is 19.1 Å². The van der Waals surface area contributed by atoms with Crippen LogP contribution in [0.4, 0.5) is 23.3 Å². The second kappa shape index (κ2) is 10.4. The van der Waals surface area contributed by atoms with Crippen LogP contribution in [-0.2, 0) is 4.74 Å². The molecule has 0 bridgehead atoms. The minimum atomic E-state index is -0.578. The van der Waals surface area contributed by atoms with Crippen molar-refractivity contribution in [3.63, 3.8) is 0 Å². The maximum Gasteiger partial charge on any atom is 0.227 e. The molecule has 39 heavy (non-hydrogen) atoms. The van der Waals surface area contributed by atoms with Crippen molar-refractivity contribution in [3.05, 3.63) is 54.5 Å². The fraction of sp³-hybridized carbons (Fsp3) is 0.464. The SMILES string of the molecule is CO[C@H]1CCN(c2nccc(Nc3cc4c(C(C)C)ccc(N5C[C@@H](c6nnco6)[C@@H]5C)c4cn3)n2)C[C@@H]1O. The van der Waals surface area contributed by atoms with E-state index in [1.807, 2.05) is 17.2 Å². The molecule has 0 amide bonds. The first-order valence-corrected chi connectivity index (χ1v) is 13.4. The summed E-state index contributed by atoms with van der Waals surface area (Å²) in [6, 6.07) is 8.58. The van der Waals surface area contributed by atoms with Crippen LogP contribution in [0.1, 0.15) is 50.5 Å². The Labute approximate surface area is 227 Å². The quantitative estimate of drug-likeness (QED) is 0.362. The van der Waals surface area contributed by atoms with Gasteiger partial charge in [-0.2, -0.15) is 4.98 Å². The number of nitrogens with one attached hydrogen (secondary N) is 1. The maximum atomic E-state index is 10.4. The highest BCUT2D eigenvalue weighted by molar-refractivity contribution is 5.98. The molecule has 0 aliphatic carbocycles. The van der Waals surface area contributed by atoms with Gasteiger partial charge in [-0.1, -0.05) is 19.9 Å². The molecule has 4 atom stereocenters. The molecular formula is C28H34N8O3. The summed E-state index contributed by atoms with van der Waals surface area (Å²) in [7, 11) is 1.63. The van der Waals surface area contributed by atoms with Crippen molar-refractivity contribution in [2.24, 2.45) is 0 Å². The number of methoxy groups -OCH3 is 1. The topological polar surface area (TPSA) is 126 Å². The van der Waals surface area contributed by atoms with E-state index in [0.717, 1.165) is 36.0 Å². The summed E-state index contributed by atoms with van der Waals surface area (Å²) in [5, 5.41) is 24.0. The zero-order valence-corrected chi connectivity index (χ0v) is 22.7. The van der Waals surface area contributed by atoms with Gasteiger partial charge in [0, 0.05) is 56.3 Å². The predicted molar refractivity (Wildman–Crippen MR) is 149 cm³/mol.